The smallest absolute Gasteiger partial charge is 0.151 e. The first-order chi connectivity index (χ1) is 14.1. The van der Waals surface area contributed by atoms with Crippen LogP contribution in [0.2, 0.25) is 0 Å². The van der Waals surface area contributed by atoms with Crippen molar-refractivity contribution in [3.8, 4) is 22.7 Å². The van der Waals surface area contributed by atoms with Gasteiger partial charge >= 0.3 is 0 Å². The van der Waals surface area contributed by atoms with Gasteiger partial charge in [0.15, 0.2) is 5.82 Å². The summed E-state index contributed by atoms with van der Waals surface area (Å²) in [7, 11) is 1.87. The Hall–Kier alpha value is -3.07. The maximum absolute atomic E-state index is 14.8. The molecule has 0 radical (unpaired) electrons. The molecule has 2 N–H and O–H groups in total. The minimum atomic E-state index is -0.923. The normalized spacial score (nSPS) is 25.9. The number of phenols is 1. The molecule has 2 fully saturated rings. The third kappa shape index (κ3) is 3.21. The predicted molar refractivity (Wildman–Crippen MR) is 106 cm³/mol. The van der Waals surface area contributed by atoms with Crippen LogP contribution in [0.4, 0.5) is 10.2 Å². The quantitative estimate of drug-likeness (QED) is 0.699. The van der Waals surface area contributed by atoms with Gasteiger partial charge < -0.3 is 15.3 Å². The first kappa shape index (κ1) is 18.0. The van der Waals surface area contributed by atoms with E-state index in [4.69, 9.17) is 0 Å². The molecular formula is C20H22FN7O. The molecule has 150 valence electrons. The van der Waals surface area contributed by atoms with Crippen molar-refractivity contribution in [1.29, 1.82) is 0 Å². The molecule has 0 saturated carbocycles. The summed E-state index contributed by atoms with van der Waals surface area (Å²) in [6.07, 6.45) is 5.04. The Labute approximate surface area is 167 Å². The number of aromatic hydroxyl groups is 1. The fraction of sp³-hybridized carbons (Fsp3) is 0.400. The minimum Gasteiger partial charge on any atom is -0.507 e. The SMILES string of the molecule is CN(c1ccc(-c2ccc(-n3ccnn3)cc2O)nn1)[C@@H]1CC2CCC(N2)[C@@H]1F. The second-order valence-corrected chi connectivity index (χ2v) is 7.73. The summed E-state index contributed by atoms with van der Waals surface area (Å²) in [5.74, 6) is 0.702. The Bertz CT molecular complexity index is 995. The maximum atomic E-state index is 14.8. The van der Waals surface area contributed by atoms with Crippen molar-refractivity contribution < 1.29 is 9.50 Å². The molecule has 2 aliphatic heterocycles. The lowest BCUT2D eigenvalue weighted by atomic mass is 9.96. The number of phenolic OH excluding ortho intramolecular Hbond substituents is 1. The average molecular weight is 395 g/mol. The summed E-state index contributed by atoms with van der Waals surface area (Å²) >= 11 is 0. The van der Waals surface area contributed by atoms with Crippen molar-refractivity contribution in [2.45, 2.75) is 43.6 Å². The zero-order chi connectivity index (χ0) is 20.0. The van der Waals surface area contributed by atoms with Crippen LogP contribution in [0.5, 0.6) is 5.75 Å². The molecule has 2 aliphatic rings. The van der Waals surface area contributed by atoms with E-state index in [1.807, 2.05) is 24.1 Å². The van der Waals surface area contributed by atoms with Crippen LogP contribution in [0.3, 0.4) is 0 Å². The third-order valence-corrected chi connectivity index (χ3v) is 6.01. The zero-order valence-electron chi connectivity index (χ0n) is 16.0. The topological polar surface area (TPSA) is 92.0 Å². The van der Waals surface area contributed by atoms with Crippen LogP contribution in [-0.2, 0) is 0 Å². The van der Waals surface area contributed by atoms with Crippen molar-refractivity contribution >= 4 is 5.82 Å². The Morgan fingerprint density at radius 3 is 2.83 bits per heavy atom. The lowest BCUT2D eigenvalue weighted by Crippen LogP contribution is -2.55. The number of piperidine rings is 1. The van der Waals surface area contributed by atoms with E-state index in [2.05, 4.69) is 25.8 Å². The molecule has 0 amide bonds. The molecule has 2 aromatic heterocycles. The van der Waals surface area contributed by atoms with Gasteiger partial charge in [0.05, 0.1) is 29.8 Å². The molecule has 4 atom stereocenters. The number of alkyl halides is 1. The summed E-state index contributed by atoms with van der Waals surface area (Å²) in [4.78, 5) is 1.89. The number of hydrogen-bond acceptors (Lipinski definition) is 7. The van der Waals surface area contributed by atoms with Crippen LogP contribution in [0.25, 0.3) is 16.9 Å². The second kappa shape index (κ2) is 7.07. The van der Waals surface area contributed by atoms with E-state index in [1.165, 1.54) is 0 Å². The van der Waals surface area contributed by atoms with Crippen molar-refractivity contribution in [2.24, 2.45) is 0 Å². The van der Waals surface area contributed by atoms with Crippen molar-refractivity contribution in [3.63, 3.8) is 0 Å². The average Bonchev–Trinajstić information content (AvgIpc) is 3.41. The van der Waals surface area contributed by atoms with Gasteiger partial charge in [0, 0.05) is 30.8 Å². The number of hydrogen-bond donors (Lipinski definition) is 2. The summed E-state index contributed by atoms with van der Waals surface area (Å²) in [6.45, 7) is 0. The highest BCUT2D eigenvalue weighted by Gasteiger charge is 2.43. The van der Waals surface area contributed by atoms with Gasteiger partial charge in [0.1, 0.15) is 11.9 Å². The number of anilines is 1. The van der Waals surface area contributed by atoms with E-state index in [0.717, 1.165) is 19.3 Å². The van der Waals surface area contributed by atoms with Crippen LogP contribution in [0.15, 0.2) is 42.7 Å². The minimum absolute atomic E-state index is 0.0612. The van der Waals surface area contributed by atoms with Gasteiger partial charge in [0.25, 0.3) is 0 Å². The van der Waals surface area contributed by atoms with E-state index >= 15 is 0 Å². The van der Waals surface area contributed by atoms with Gasteiger partial charge in [-0.15, -0.1) is 15.3 Å². The number of fused-ring (bicyclic) bond motifs is 2. The second-order valence-electron chi connectivity index (χ2n) is 7.73. The predicted octanol–water partition coefficient (Wildman–Crippen LogP) is 2.10. The largest absolute Gasteiger partial charge is 0.507 e. The molecule has 5 rings (SSSR count). The van der Waals surface area contributed by atoms with Crippen molar-refractivity contribution in [1.82, 2.24) is 30.5 Å². The van der Waals surface area contributed by atoms with Gasteiger partial charge in [0.2, 0.25) is 0 Å². The number of halogens is 1. The van der Waals surface area contributed by atoms with E-state index in [1.54, 1.807) is 35.3 Å². The fourth-order valence-electron chi connectivity index (χ4n) is 4.40. The van der Waals surface area contributed by atoms with Gasteiger partial charge in [-0.1, -0.05) is 5.21 Å². The highest BCUT2D eigenvalue weighted by Crippen LogP contribution is 2.34. The Morgan fingerprint density at radius 1 is 1.21 bits per heavy atom. The molecule has 0 spiro atoms. The first-order valence-electron chi connectivity index (χ1n) is 9.77. The Balaban J connectivity index is 1.36. The number of benzene rings is 1. The van der Waals surface area contributed by atoms with Crippen LogP contribution in [0.1, 0.15) is 19.3 Å². The van der Waals surface area contributed by atoms with Gasteiger partial charge in [-0.3, -0.25) is 0 Å². The Kier molecular flexibility index (Phi) is 4.39. The monoisotopic (exact) mass is 395 g/mol. The van der Waals surface area contributed by atoms with Gasteiger partial charge in [-0.25, -0.2) is 9.07 Å². The van der Waals surface area contributed by atoms with E-state index in [0.29, 0.717) is 28.8 Å². The molecule has 2 bridgehead atoms. The van der Waals surface area contributed by atoms with Crippen LogP contribution in [0, 0.1) is 0 Å². The molecule has 2 saturated heterocycles. The third-order valence-electron chi connectivity index (χ3n) is 6.01. The van der Waals surface area contributed by atoms with Gasteiger partial charge in [-0.2, -0.15) is 0 Å². The fourth-order valence-corrected chi connectivity index (χ4v) is 4.40. The van der Waals surface area contributed by atoms with E-state index < -0.39 is 6.17 Å². The first-order valence-corrected chi connectivity index (χ1v) is 9.77. The molecule has 4 heterocycles. The molecule has 9 heteroatoms. The summed E-state index contributed by atoms with van der Waals surface area (Å²) in [6, 6.07) is 8.93. The lowest BCUT2D eigenvalue weighted by Gasteiger charge is -2.38. The van der Waals surface area contributed by atoms with Crippen LogP contribution < -0.4 is 10.2 Å². The number of rotatable bonds is 4. The van der Waals surface area contributed by atoms with E-state index in [9.17, 15) is 9.50 Å². The van der Waals surface area contributed by atoms with E-state index in [-0.39, 0.29) is 17.8 Å². The number of nitrogens with zero attached hydrogens (tertiary/aromatic N) is 6. The summed E-state index contributed by atoms with van der Waals surface area (Å²) < 4.78 is 16.4. The summed E-state index contributed by atoms with van der Waals surface area (Å²) in [5.41, 5.74) is 1.81. The standard InChI is InChI=1S/C20H22FN7O/c1-27(17-10-12-2-5-16(23-12)20(17)21)19-7-6-15(24-25-19)14-4-3-13(11-18(14)29)28-9-8-22-26-28/h3-4,6-9,11-12,16-17,20,23,29H,2,5,10H2,1H3/t12?,16?,17-,20+/m1/s1. The highest BCUT2D eigenvalue weighted by molar-refractivity contribution is 5.69. The lowest BCUT2D eigenvalue weighted by molar-refractivity contribution is 0.176. The molecule has 2 unspecified atom stereocenters. The van der Waals surface area contributed by atoms with Gasteiger partial charge in [-0.05, 0) is 43.5 Å². The maximum Gasteiger partial charge on any atom is 0.151 e. The number of aromatic nitrogens is 5. The molecule has 1 aromatic carbocycles. The van der Waals surface area contributed by atoms with Crippen molar-refractivity contribution in [3.05, 3.63) is 42.7 Å². The van der Waals surface area contributed by atoms with Crippen molar-refractivity contribution in [2.75, 3.05) is 11.9 Å². The molecular weight excluding hydrogens is 373 g/mol. The summed E-state index contributed by atoms with van der Waals surface area (Å²) in [5, 5.41) is 30.0. The molecule has 3 aromatic rings. The van der Waals surface area contributed by atoms with Crippen LogP contribution >= 0.6 is 0 Å². The molecule has 29 heavy (non-hydrogen) atoms. The highest BCUT2D eigenvalue weighted by atomic mass is 19.1. The molecule has 0 aliphatic carbocycles. The molecule has 8 nitrogen and oxygen atoms in total. The number of nitrogens with one attached hydrogen (secondary N) is 1. The van der Waals surface area contributed by atoms with Crippen LogP contribution in [-0.4, -0.2) is 61.6 Å². The zero-order valence-corrected chi connectivity index (χ0v) is 16.0. The Morgan fingerprint density at radius 2 is 2.10 bits per heavy atom.